The minimum Gasteiger partial charge on any atom is -0.497 e. The van der Waals surface area contributed by atoms with E-state index in [0.29, 0.717) is 17.9 Å². The Kier molecular flexibility index (Phi) is 4.19. The zero-order chi connectivity index (χ0) is 14.7. The zero-order valence-electron chi connectivity index (χ0n) is 11.4. The second-order valence-corrected chi connectivity index (χ2v) is 4.51. The van der Waals surface area contributed by atoms with Crippen molar-refractivity contribution in [3.05, 3.63) is 45.6 Å². The van der Waals surface area contributed by atoms with Gasteiger partial charge in [-0.3, -0.25) is 0 Å². The lowest BCUT2D eigenvalue weighted by atomic mass is 9.96. The Bertz CT molecular complexity index is 574. The molecule has 1 unspecified atom stereocenters. The maximum Gasteiger partial charge on any atom is 0.346 e. The van der Waals surface area contributed by atoms with Crippen LogP contribution in [0, 0.1) is 17.0 Å². The van der Waals surface area contributed by atoms with Crippen molar-refractivity contribution >= 4 is 5.82 Å². The highest BCUT2D eigenvalue weighted by Crippen LogP contribution is 2.33. The summed E-state index contributed by atoms with van der Waals surface area (Å²) in [5, 5.41) is 20.3. The van der Waals surface area contributed by atoms with Crippen molar-refractivity contribution in [2.75, 3.05) is 13.7 Å². The van der Waals surface area contributed by atoms with Crippen LogP contribution in [0.1, 0.15) is 23.9 Å². The minimum atomic E-state index is -0.436. The Morgan fingerprint density at radius 3 is 2.90 bits per heavy atom. The van der Waals surface area contributed by atoms with E-state index in [1.54, 1.807) is 20.1 Å². The van der Waals surface area contributed by atoms with Crippen LogP contribution < -0.4 is 0 Å². The molecule has 20 heavy (non-hydrogen) atoms. The highest BCUT2D eigenvalue weighted by Gasteiger charge is 2.29. The third-order valence-corrected chi connectivity index (χ3v) is 3.31. The van der Waals surface area contributed by atoms with Crippen molar-refractivity contribution in [2.24, 2.45) is 0 Å². The van der Waals surface area contributed by atoms with E-state index in [2.05, 4.69) is 4.98 Å². The summed E-state index contributed by atoms with van der Waals surface area (Å²) in [6.45, 7) is 1.71. The number of aliphatic hydroxyl groups is 1. The predicted molar refractivity (Wildman–Crippen MR) is 72.3 cm³/mol. The second kappa shape index (κ2) is 5.87. The number of allylic oxidation sites excluding steroid dienone is 3. The summed E-state index contributed by atoms with van der Waals surface area (Å²) in [5.74, 6) is 1.10. The molecule has 0 fully saturated rings. The van der Waals surface area contributed by atoms with E-state index in [1.807, 2.05) is 12.2 Å². The van der Waals surface area contributed by atoms with Crippen LogP contribution in [-0.2, 0) is 11.3 Å². The summed E-state index contributed by atoms with van der Waals surface area (Å²) in [6.07, 6.45) is 6.14. The summed E-state index contributed by atoms with van der Waals surface area (Å²) in [4.78, 5) is 15.2. The number of nitrogens with zero attached hydrogens (tertiary/aromatic N) is 3. The molecule has 0 aliphatic heterocycles. The number of hydrogen-bond donors (Lipinski definition) is 1. The van der Waals surface area contributed by atoms with Crippen LogP contribution in [-0.4, -0.2) is 33.3 Å². The molecule has 1 N–H and O–H groups in total. The third kappa shape index (κ3) is 2.57. The van der Waals surface area contributed by atoms with E-state index in [4.69, 9.17) is 9.84 Å². The lowest BCUT2D eigenvalue weighted by molar-refractivity contribution is -0.393. The molecule has 7 heteroatoms. The van der Waals surface area contributed by atoms with E-state index in [0.717, 1.165) is 5.76 Å². The Morgan fingerprint density at radius 1 is 1.65 bits per heavy atom. The van der Waals surface area contributed by atoms with E-state index in [-0.39, 0.29) is 24.9 Å². The van der Waals surface area contributed by atoms with Crippen LogP contribution in [0.25, 0.3) is 0 Å². The van der Waals surface area contributed by atoms with E-state index in [1.165, 1.54) is 4.57 Å². The SMILES string of the molecule is COC1=CCC(c2nc(C)n(CCO)c2[N+](=O)[O-])C=C1. The van der Waals surface area contributed by atoms with Crippen LogP contribution in [0.3, 0.4) is 0 Å². The minimum absolute atomic E-state index is 0.0412. The molecule has 0 radical (unpaired) electrons. The number of hydrogen-bond acceptors (Lipinski definition) is 5. The average molecular weight is 279 g/mol. The van der Waals surface area contributed by atoms with Gasteiger partial charge in [-0.25, -0.2) is 9.55 Å². The Balaban J connectivity index is 2.38. The van der Waals surface area contributed by atoms with E-state index in [9.17, 15) is 10.1 Å². The molecule has 0 saturated heterocycles. The van der Waals surface area contributed by atoms with Gasteiger partial charge in [0.2, 0.25) is 0 Å². The first-order chi connectivity index (χ1) is 9.58. The van der Waals surface area contributed by atoms with Gasteiger partial charge in [-0.1, -0.05) is 6.08 Å². The summed E-state index contributed by atoms with van der Waals surface area (Å²) in [7, 11) is 1.58. The van der Waals surface area contributed by atoms with Gasteiger partial charge in [-0.15, -0.1) is 0 Å². The summed E-state index contributed by atoms with van der Waals surface area (Å²) in [5.41, 5.74) is 0.434. The molecule has 108 valence electrons. The van der Waals surface area contributed by atoms with Gasteiger partial charge in [-0.05, 0) is 23.5 Å². The average Bonchev–Trinajstić information content (AvgIpc) is 2.77. The second-order valence-electron chi connectivity index (χ2n) is 4.51. The fourth-order valence-electron chi connectivity index (χ4n) is 2.34. The smallest absolute Gasteiger partial charge is 0.346 e. The molecule has 0 amide bonds. The molecule has 7 nitrogen and oxygen atoms in total. The van der Waals surface area contributed by atoms with Gasteiger partial charge in [-0.2, -0.15) is 0 Å². The van der Waals surface area contributed by atoms with Crippen LogP contribution in [0.4, 0.5) is 5.82 Å². The van der Waals surface area contributed by atoms with Crippen molar-refractivity contribution in [1.82, 2.24) is 9.55 Å². The van der Waals surface area contributed by atoms with E-state index < -0.39 is 4.92 Å². The first kappa shape index (κ1) is 14.3. The molecule has 1 heterocycles. The molecule has 0 aromatic carbocycles. The van der Waals surface area contributed by atoms with Gasteiger partial charge in [0.1, 0.15) is 18.0 Å². The first-order valence-corrected chi connectivity index (χ1v) is 6.33. The lowest BCUT2D eigenvalue weighted by Crippen LogP contribution is -2.09. The van der Waals surface area contributed by atoms with Gasteiger partial charge in [0.15, 0.2) is 5.82 Å². The number of aryl methyl sites for hydroxylation is 1. The van der Waals surface area contributed by atoms with E-state index >= 15 is 0 Å². The Morgan fingerprint density at radius 2 is 2.40 bits per heavy atom. The molecule has 0 saturated carbocycles. The molecule has 1 atom stereocenters. The number of imidazole rings is 1. The van der Waals surface area contributed by atoms with Crippen molar-refractivity contribution in [1.29, 1.82) is 0 Å². The first-order valence-electron chi connectivity index (χ1n) is 6.33. The van der Waals surface area contributed by atoms with Crippen LogP contribution in [0.2, 0.25) is 0 Å². The topological polar surface area (TPSA) is 90.4 Å². The number of rotatable bonds is 5. The fraction of sp³-hybridized carbons (Fsp3) is 0.462. The predicted octanol–water partition coefficient (Wildman–Crippen LogP) is 1.67. The lowest BCUT2D eigenvalue weighted by Gasteiger charge is -2.13. The number of aromatic nitrogens is 2. The molecular weight excluding hydrogens is 262 g/mol. The maximum atomic E-state index is 11.3. The van der Waals surface area contributed by atoms with Crippen molar-refractivity contribution < 1.29 is 14.8 Å². The van der Waals surface area contributed by atoms with Gasteiger partial charge in [0, 0.05) is 12.8 Å². The molecule has 2 rings (SSSR count). The van der Waals surface area contributed by atoms with Gasteiger partial charge >= 0.3 is 5.82 Å². The molecule has 1 aliphatic carbocycles. The molecule has 0 spiro atoms. The zero-order valence-corrected chi connectivity index (χ0v) is 11.4. The molecule has 1 aromatic rings. The highest BCUT2D eigenvalue weighted by atomic mass is 16.6. The summed E-state index contributed by atoms with van der Waals surface area (Å²) in [6, 6.07) is 0. The Labute approximate surface area is 116 Å². The number of aliphatic hydroxyl groups excluding tert-OH is 1. The monoisotopic (exact) mass is 279 g/mol. The van der Waals surface area contributed by atoms with Crippen LogP contribution in [0.5, 0.6) is 0 Å². The molecular formula is C13H17N3O4. The number of methoxy groups -OCH3 is 1. The highest BCUT2D eigenvalue weighted by molar-refractivity contribution is 5.39. The van der Waals surface area contributed by atoms with Crippen LogP contribution in [0.15, 0.2) is 24.0 Å². The normalized spacial score (nSPS) is 17.9. The molecule has 1 aliphatic rings. The van der Waals surface area contributed by atoms with Crippen LogP contribution >= 0.6 is 0 Å². The standard InChI is InChI=1S/C13H17N3O4/c1-9-14-12(10-3-5-11(20-2)6-4-10)13(16(18)19)15(9)7-8-17/h3,5-6,10,17H,4,7-8H2,1-2H3. The molecule has 0 bridgehead atoms. The van der Waals surface area contributed by atoms with Gasteiger partial charge in [0.25, 0.3) is 0 Å². The largest absolute Gasteiger partial charge is 0.497 e. The maximum absolute atomic E-state index is 11.3. The quantitative estimate of drug-likeness (QED) is 0.654. The number of ether oxygens (including phenoxy) is 1. The Hall–Kier alpha value is -2.15. The third-order valence-electron chi connectivity index (χ3n) is 3.31. The van der Waals surface area contributed by atoms with Gasteiger partial charge in [0.05, 0.1) is 13.7 Å². The molecule has 1 aromatic heterocycles. The van der Waals surface area contributed by atoms with Crippen molar-refractivity contribution in [3.8, 4) is 0 Å². The van der Waals surface area contributed by atoms with Crippen molar-refractivity contribution in [3.63, 3.8) is 0 Å². The van der Waals surface area contributed by atoms with Gasteiger partial charge < -0.3 is 20.0 Å². The summed E-state index contributed by atoms with van der Waals surface area (Å²) >= 11 is 0. The number of nitro groups is 1. The fourth-order valence-corrected chi connectivity index (χ4v) is 2.34. The summed E-state index contributed by atoms with van der Waals surface area (Å²) < 4.78 is 6.55. The van der Waals surface area contributed by atoms with Crippen molar-refractivity contribution in [2.45, 2.75) is 25.8 Å².